The van der Waals surface area contributed by atoms with Gasteiger partial charge in [0.15, 0.2) is 0 Å². The van der Waals surface area contributed by atoms with Gasteiger partial charge < -0.3 is 10.4 Å². The zero-order valence-electron chi connectivity index (χ0n) is 12.6. The minimum atomic E-state index is -0.920. The fourth-order valence-electron chi connectivity index (χ4n) is 2.02. The molecule has 2 rings (SSSR count). The highest BCUT2D eigenvalue weighted by molar-refractivity contribution is 5.80. The lowest BCUT2D eigenvalue weighted by atomic mass is 10.0. The summed E-state index contributed by atoms with van der Waals surface area (Å²) in [7, 11) is 0. The van der Waals surface area contributed by atoms with Gasteiger partial charge in [-0.25, -0.2) is 4.68 Å². The first-order valence-corrected chi connectivity index (χ1v) is 7.08. The maximum absolute atomic E-state index is 11.9. The molecule has 1 heterocycles. The van der Waals surface area contributed by atoms with Crippen LogP contribution in [0.1, 0.15) is 19.4 Å². The van der Waals surface area contributed by atoms with Crippen molar-refractivity contribution >= 4 is 11.9 Å². The van der Waals surface area contributed by atoms with Crippen molar-refractivity contribution in [3.8, 4) is 5.69 Å². The van der Waals surface area contributed by atoms with Gasteiger partial charge in [-0.3, -0.25) is 9.59 Å². The Kier molecular flexibility index (Phi) is 4.93. The summed E-state index contributed by atoms with van der Waals surface area (Å²) in [6.07, 6.45) is 3.76. The molecule has 0 aliphatic heterocycles. The van der Waals surface area contributed by atoms with Crippen LogP contribution in [0.5, 0.6) is 0 Å². The quantitative estimate of drug-likeness (QED) is 0.849. The number of aliphatic carboxylic acids is 1. The molecule has 0 saturated carbocycles. The van der Waals surface area contributed by atoms with Crippen molar-refractivity contribution in [2.75, 3.05) is 0 Å². The molecule has 0 aliphatic rings. The Labute approximate surface area is 128 Å². The van der Waals surface area contributed by atoms with Crippen molar-refractivity contribution in [3.05, 3.63) is 48.3 Å². The third-order valence-corrected chi connectivity index (χ3v) is 3.60. The molecule has 0 saturated heterocycles. The van der Waals surface area contributed by atoms with Gasteiger partial charge in [0, 0.05) is 18.4 Å². The van der Waals surface area contributed by atoms with Crippen LogP contribution in [-0.4, -0.2) is 32.8 Å². The molecule has 1 amide bonds. The van der Waals surface area contributed by atoms with Gasteiger partial charge in [-0.2, -0.15) is 5.10 Å². The van der Waals surface area contributed by atoms with E-state index in [1.807, 2.05) is 36.5 Å². The molecule has 0 radical (unpaired) electrons. The predicted molar refractivity (Wildman–Crippen MR) is 81.7 cm³/mol. The number of carboxylic acid groups (broad SMARTS) is 1. The third kappa shape index (κ3) is 3.94. The van der Waals surface area contributed by atoms with E-state index in [-0.39, 0.29) is 12.3 Å². The maximum atomic E-state index is 11.9. The number of benzene rings is 1. The summed E-state index contributed by atoms with van der Waals surface area (Å²) in [6.45, 7) is 3.27. The Morgan fingerprint density at radius 3 is 2.50 bits per heavy atom. The molecule has 2 atom stereocenters. The van der Waals surface area contributed by atoms with Crippen LogP contribution in [0.3, 0.4) is 0 Å². The number of carbonyl (C=O) groups is 2. The molecule has 1 aromatic heterocycles. The van der Waals surface area contributed by atoms with Crippen molar-refractivity contribution in [3.63, 3.8) is 0 Å². The molecule has 22 heavy (non-hydrogen) atoms. The van der Waals surface area contributed by atoms with Crippen LogP contribution in [0.4, 0.5) is 0 Å². The lowest BCUT2D eigenvalue weighted by Gasteiger charge is -2.17. The van der Waals surface area contributed by atoms with Gasteiger partial charge in [0.2, 0.25) is 5.91 Å². The van der Waals surface area contributed by atoms with E-state index >= 15 is 0 Å². The van der Waals surface area contributed by atoms with Crippen molar-refractivity contribution in [2.24, 2.45) is 5.92 Å². The van der Waals surface area contributed by atoms with Gasteiger partial charge in [0.25, 0.3) is 0 Å². The molecule has 2 N–H and O–H groups in total. The summed E-state index contributed by atoms with van der Waals surface area (Å²) in [5.41, 5.74) is 1.78. The molecular formula is C16H19N3O3. The van der Waals surface area contributed by atoms with E-state index in [4.69, 9.17) is 5.11 Å². The standard InChI is InChI=1S/C16H19N3O3/c1-11(16(21)22)12(2)18-15(20)10-13-4-6-14(7-5-13)19-9-3-8-17-19/h3-9,11-12H,10H2,1-2H3,(H,18,20)(H,21,22). The number of hydrogen-bond donors (Lipinski definition) is 2. The highest BCUT2D eigenvalue weighted by Crippen LogP contribution is 2.10. The van der Waals surface area contributed by atoms with Gasteiger partial charge in [0.05, 0.1) is 18.0 Å². The number of carboxylic acids is 1. The predicted octanol–water partition coefficient (Wildman–Crippen LogP) is 1.64. The van der Waals surface area contributed by atoms with Gasteiger partial charge in [0.1, 0.15) is 0 Å². The molecule has 2 unspecified atom stereocenters. The van der Waals surface area contributed by atoms with Crippen LogP contribution in [0.2, 0.25) is 0 Å². The Bertz CT molecular complexity index is 635. The summed E-state index contributed by atoms with van der Waals surface area (Å²) < 4.78 is 1.74. The minimum absolute atomic E-state index is 0.188. The number of rotatable bonds is 6. The van der Waals surface area contributed by atoms with Gasteiger partial charge in [-0.15, -0.1) is 0 Å². The smallest absolute Gasteiger partial charge is 0.308 e. The fraction of sp³-hybridized carbons (Fsp3) is 0.312. The summed E-state index contributed by atoms with van der Waals surface area (Å²) >= 11 is 0. The van der Waals surface area contributed by atoms with Crippen LogP contribution in [0.25, 0.3) is 5.69 Å². The van der Waals surface area contributed by atoms with Crippen LogP contribution < -0.4 is 5.32 Å². The Morgan fingerprint density at radius 2 is 1.95 bits per heavy atom. The average molecular weight is 301 g/mol. The number of hydrogen-bond acceptors (Lipinski definition) is 3. The number of aromatic nitrogens is 2. The molecule has 6 nitrogen and oxygen atoms in total. The molecule has 116 valence electrons. The van der Waals surface area contributed by atoms with E-state index in [9.17, 15) is 9.59 Å². The lowest BCUT2D eigenvalue weighted by molar-refractivity contribution is -0.142. The molecule has 0 aliphatic carbocycles. The highest BCUT2D eigenvalue weighted by atomic mass is 16.4. The molecular weight excluding hydrogens is 282 g/mol. The van der Waals surface area contributed by atoms with E-state index in [1.54, 1.807) is 24.7 Å². The minimum Gasteiger partial charge on any atom is -0.481 e. The molecule has 6 heteroatoms. The second-order valence-corrected chi connectivity index (χ2v) is 5.28. The zero-order valence-corrected chi connectivity index (χ0v) is 12.6. The maximum Gasteiger partial charge on any atom is 0.308 e. The van der Waals surface area contributed by atoms with Crippen molar-refractivity contribution < 1.29 is 14.7 Å². The summed E-state index contributed by atoms with van der Waals surface area (Å²) in [5, 5.41) is 15.8. The topological polar surface area (TPSA) is 84.2 Å². The summed E-state index contributed by atoms with van der Waals surface area (Å²) in [5.74, 6) is -1.73. The second kappa shape index (κ2) is 6.89. The number of nitrogens with one attached hydrogen (secondary N) is 1. The van der Waals surface area contributed by atoms with Gasteiger partial charge in [-0.05, 0) is 37.6 Å². The zero-order chi connectivity index (χ0) is 16.1. The van der Waals surface area contributed by atoms with Gasteiger partial charge >= 0.3 is 5.97 Å². The number of amides is 1. The monoisotopic (exact) mass is 301 g/mol. The molecule has 1 aromatic carbocycles. The van der Waals surface area contributed by atoms with E-state index in [0.29, 0.717) is 0 Å². The third-order valence-electron chi connectivity index (χ3n) is 3.60. The Balaban J connectivity index is 1.93. The molecule has 2 aromatic rings. The molecule has 0 fully saturated rings. The Hall–Kier alpha value is -2.63. The molecule has 0 bridgehead atoms. The van der Waals surface area contributed by atoms with Crippen LogP contribution in [0, 0.1) is 5.92 Å². The molecule has 0 spiro atoms. The summed E-state index contributed by atoms with van der Waals surface area (Å²) in [4.78, 5) is 22.8. The van der Waals surface area contributed by atoms with Crippen LogP contribution in [0.15, 0.2) is 42.7 Å². The van der Waals surface area contributed by atoms with Crippen molar-refractivity contribution in [1.29, 1.82) is 0 Å². The summed E-state index contributed by atoms with van der Waals surface area (Å²) in [6, 6.07) is 8.93. The normalized spacial score (nSPS) is 13.4. The fourth-order valence-corrected chi connectivity index (χ4v) is 2.02. The van der Waals surface area contributed by atoms with Crippen molar-refractivity contribution in [1.82, 2.24) is 15.1 Å². The van der Waals surface area contributed by atoms with E-state index in [2.05, 4.69) is 10.4 Å². The van der Waals surface area contributed by atoms with Gasteiger partial charge in [-0.1, -0.05) is 12.1 Å². The second-order valence-electron chi connectivity index (χ2n) is 5.28. The van der Waals surface area contributed by atoms with E-state index in [1.165, 1.54) is 0 Å². The van der Waals surface area contributed by atoms with E-state index in [0.717, 1.165) is 11.3 Å². The SMILES string of the molecule is CC(NC(=O)Cc1ccc(-n2cccn2)cc1)C(C)C(=O)O. The van der Waals surface area contributed by atoms with Crippen molar-refractivity contribution in [2.45, 2.75) is 26.3 Å². The average Bonchev–Trinajstić information content (AvgIpc) is 3.01. The van der Waals surface area contributed by atoms with Crippen LogP contribution >= 0.6 is 0 Å². The first-order chi connectivity index (χ1) is 10.5. The number of nitrogens with zero attached hydrogens (tertiary/aromatic N) is 2. The van der Waals surface area contributed by atoms with E-state index < -0.39 is 17.9 Å². The largest absolute Gasteiger partial charge is 0.481 e. The first-order valence-electron chi connectivity index (χ1n) is 7.08. The van der Waals surface area contributed by atoms with Crippen LogP contribution in [-0.2, 0) is 16.0 Å². The first kappa shape index (κ1) is 15.8. The lowest BCUT2D eigenvalue weighted by Crippen LogP contribution is -2.40. The highest BCUT2D eigenvalue weighted by Gasteiger charge is 2.20. The number of carbonyl (C=O) groups excluding carboxylic acids is 1. The Morgan fingerprint density at radius 1 is 1.27 bits per heavy atom.